The van der Waals surface area contributed by atoms with Gasteiger partial charge >= 0.3 is 0 Å². The van der Waals surface area contributed by atoms with E-state index in [0.29, 0.717) is 22.0 Å². The van der Waals surface area contributed by atoms with Gasteiger partial charge < -0.3 is 10.1 Å². The van der Waals surface area contributed by atoms with Gasteiger partial charge in [0, 0.05) is 10.7 Å². The highest BCUT2D eigenvalue weighted by molar-refractivity contribution is 7.92. The minimum absolute atomic E-state index is 0.0931. The molecular formula is C26H29ClN2O4S. The van der Waals surface area contributed by atoms with Crippen LogP contribution in [0, 0.1) is 27.7 Å². The first-order valence-corrected chi connectivity index (χ1v) is 12.7. The molecule has 0 aliphatic heterocycles. The van der Waals surface area contributed by atoms with Crippen molar-refractivity contribution >= 4 is 33.2 Å². The van der Waals surface area contributed by atoms with Gasteiger partial charge in [0.15, 0.2) is 6.61 Å². The number of anilines is 1. The van der Waals surface area contributed by atoms with Crippen molar-refractivity contribution in [2.45, 2.75) is 45.6 Å². The van der Waals surface area contributed by atoms with Gasteiger partial charge in [0.1, 0.15) is 5.75 Å². The summed E-state index contributed by atoms with van der Waals surface area (Å²) in [5.41, 5.74) is 5.59. The smallest absolute Gasteiger partial charge is 0.261 e. The summed E-state index contributed by atoms with van der Waals surface area (Å²) in [7, 11) is -3.78. The van der Waals surface area contributed by atoms with Crippen LogP contribution in [-0.2, 0) is 14.8 Å². The van der Waals surface area contributed by atoms with Crippen LogP contribution in [-0.4, -0.2) is 20.9 Å². The highest BCUT2D eigenvalue weighted by Gasteiger charge is 2.17. The van der Waals surface area contributed by atoms with Gasteiger partial charge in [0.2, 0.25) is 0 Å². The van der Waals surface area contributed by atoms with E-state index in [9.17, 15) is 13.2 Å². The lowest BCUT2D eigenvalue weighted by molar-refractivity contribution is -0.123. The minimum Gasteiger partial charge on any atom is -0.484 e. The number of carbonyl (C=O) groups is 1. The third-order valence-electron chi connectivity index (χ3n) is 5.64. The SMILES string of the molecule is Cc1cc(C)c([C@H](C)NC(=O)COc2ccc(S(=O)(=O)Nc3ccc(Cl)cc3)cc2C)cc1C. The van der Waals surface area contributed by atoms with Crippen molar-refractivity contribution in [1.82, 2.24) is 5.32 Å². The molecule has 3 rings (SSSR count). The van der Waals surface area contributed by atoms with Crippen LogP contribution in [0.4, 0.5) is 5.69 Å². The van der Waals surface area contributed by atoms with Crippen LogP contribution < -0.4 is 14.8 Å². The summed E-state index contributed by atoms with van der Waals surface area (Å²) in [6.45, 7) is 9.64. The van der Waals surface area contributed by atoms with Gasteiger partial charge in [-0.25, -0.2) is 8.42 Å². The maximum Gasteiger partial charge on any atom is 0.261 e. The first-order chi connectivity index (χ1) is 16.0. The minimum atomic E-state index is -3.78. The van der Waals surface area contributed by atoms with E-state index in [2.05, 4.69) is 29.1 Å². The second-order valence-electron chi connectivity index (χ2n) is 8.41. The van der Waals surface area contributed by atoms with E-state index >= 15 is 0 Å². The molecule has 34 heavy (non-hydrogen) atoms. The van der Waals surface area contributed by atoms with E-state index in [1.54, 1.807) is 37.3 Å². The molecule has 0 aliphatic rings. The van der Waals surface area contributed by atoms with Crippen LogP contribution in [0.15, 0.2) is 59.5 Å². The Labute approximate surface area is 206 Å². The molecule has 0 radical (unpaired) electrons. The Morgan fingerprint density at radius 3 is 2.21 bits per heavy atom. The number of hydrogen-bond acceptors (Lipinski definition) is 4. The van der Waals surface area contributed by atoms with Gasteiger partial charge in [0.25, 0.3) is 15.9 Å². The average Bonchev–Trinajstić information content (AvgIpc) is 2.76. The van der Waals surface area contributed by atoms with Gasteiger partial charge in [0.05, 0.1) is 10.9 Å². The first-order valence-electron chi connectivity index (χ1n) is 10.8. The molecule has 0 fully saturated rings. The quantitative estimate of drug-likeness (QED) is 0.419. The normalized spacial score (nSPS) is 12.2. The number of amides is 1. The Kier molecular flexibility index (Phi) is 7.89. The van der Waals surface area contributed by atoms with Crippen LogP contribution >= 0.6 is 11.6 Å². The number of benzene rings is 3. The Morgan fingerprint density at radius 2 is 1.56 bits per heavy atom. The highest BCUT2D eigenvalue weighted by atomic mass is 35.5. The second-order valence-corrected chi connectivity index (χ2v) is 10.5. The summed E-state index contributed by atoms with van der Waals surface area (Å²) in [6, 6.07) is 14.9. The molecule has 1 atom stereocenters. The molecule has 0 bridgehead atoms. The molecule has 0 spiro atoms. The predicted octanol–water partition coefficient (Wildman–Crippen LogP) is 5.63. The number of aryl methyl sites for hydroxylation is 4. The maximum absolute atomic E-state index is 12.7. The van der Waals surface area contributed by atoms with E-state index in [1.165, 1.54) is 23.3 Å². The number of rotatable bonds is 8. The molecule has 3 aromatic rings. The standard InChI is InChI=1S/C26H29ClN2O4S/c1-16-12-18(3)24(14-17(16)2)20(5)28-26(30)15-33-25-11-10-23(13-19(25)4)34(31,32)29-22-8-6-21(27)7-9-22/h6-14,20,29H,15H2,1-5H3,(H,28,30)/t20-/m0/s1. The molecule has 0 saturated heterocycles. The third-order valence-corrected chi connectivity index (χ3v) is 7.27. The third kappa shape index (κ3) is 6.30. The van der Waals surface area contributed by atoms with E-state index < -0.39 is 10.0 Å². The maximum atomic E-state index is 12.7. The number of carbonyl (C=O) groups excluding carboxylic acids is 1. The van der Waals surface area contributed by atoms with Gasteiger partial charge in [-0.2, -0.15) is 0 Å². The van der Waals surface area contributed by atoms with Crippen molar-refractivity contribution in [2.24, 2.45) is 0 Å². The molecule has 6 nitrogen and oxygen atoms in total. The molecule has 3 aromatic carbocycles. The molecule has 0 unspecified atom stereocenters. The zero-order valence-corrected chi connectivity index (χ0v) is 21.5. The van der Waals surface area contributed by atoms with E-state index in [4.69, 9.17) is 16.3 Å². The zero-order chi connectivity index (χ0) is 25.0. The molecule has 0 heterocycles. The van der Waals surface area contributed by atoms with Gasteiger partial charge in [-0.05, 0) is 105 Å². The van der Waals surface area contributed by atoms with Gasteiger partial charge in [-0.1, -0.05) is 23.7 Å². The van der Waals surface area contributed by atoms with Crippen molar-refractivity contribution in [3.05, 3.63) is 87.4 Å². The second kappa shape index (κ2) is 10.5. The molecule has 2 N–H and O–H groups in total. The number of nitrogens with one attached hydrogen (secondary N) is 2. The molecule has 0 aliphatic carbocycles. The van der Waals surface area contributed by atoms with Crippen LogP contribution in [0.5, 0.6) is 5.75 Å². The molecule has 0 aromatic heterocycles. The van der Waals surface area contributed by atoms with E-state index in [1.807, 2.05) is 20.8 Å². The van der Waals surface area contributed by atoms with E-state index in [-0.39, 0.29) is 23.5 Å². The topological polar surface area (TPSA) is 84.5 Å². The number of ether oxygens (including phenoxy) is 1. The van der Waals surface area contributed by atoms with Crippen LogP contribution in [0.3, 0.4) is 0 Å². The average molecular weight is 501 g/mol. The molecule has 8 heteroatoms. The fourth-order valence-electron chi connectivity index (χ4n) is 3.64. The Bertz CT molecular complexity index is 1310. The number of sulfonamides is 1. The van der Waals surface area contributed by atoms with E-state index in [0.717, 1.165) is 11.1 Å². The van der Waals surface area contributed by atoms with Crippen LogP contribution in [0.2, 0.25) is 5.02 Å². The lowest BCUT2D eigenvalue weighted by Gasteiger charge is -2.19. The zero-order valence-electron chi connectivity index (χ0n) is 19.9. The molecular weight excluding hydrogens is 472 g/mol. The summed E-state index contributed by atoms with van der Waals surface area (Å²) >= 11 is 5.85. The Hall–Kier alpha value is -3.03. The fourth-order valence-corrected chi connectivity index (χ4v) is 4.91. The monoisotopic (exact) mass is 500 g/mol. The summed E-state index contributed by atoms with van der Waals surface area (Å²) in [5.74, 6) is 0.182. The predicted molar refractivity (Wildman–Crippen MR) is 136 cm³/mol. The summed E-state index contributed by atoms with van der Waals surface area (Å²) in [4.78, 5) is 12.6. The fraction of sp³-hybridized carbons (Fsp3) is 0.269. The van der Waals surface area contributed by atoms with Crippen molar-refractivity contribution in [1.29, 1.82) is 0 Å². The highest BCUT2D eigenvalue weighted by Crippen LogP contribution is 2.25. The van der Waals surface area contributed by atoms with Gasteiger partial charge in [-0.15, -0.1) is 0 Å². The largest absolute Gasteiger partial charge is 0.484 e. The summed E-state index contributed by atoms with van der Waals surface area (Å²) in [5, 5.41) is 3.48. The summed E-state index contributed by atoms with van der Waals surface area (Å²) in [6.07, 6.45) is 0. The van der Waals surface area contributed by atoms with Gasteiger partial charge in [-0.3, -0.25) is 9.52 Å². The van der Waals surface area contributed by atoms with Crippen LogP contribution in [0.25, 0.3) is 0 Å². The first kappa shape index (κ1) is 25.6. The number of hydrogen-bond donors (Lipinski definition) is 2. The van der Waals surface area contributed by atoms with Crippen molar-refractivity contribution < 1.29 is 17.9 Å². The van der Waals surface area contributed by atoms with Crippen molar-refractivity contribution in [2.75, 3.05) is 11.3 Å². The lowest BCUT2D eigenvalue weighted by atomic mass is 9.96. The molecule has 180 valence electrons. The number of halogens is 1. The van der Waals surface area contributed by atoms with Crippen LogP contribution in [0.1, 0.15) is 40.8 Å². The lowest BCUT2D eigenvalue weighted by Crippen LogP contribution is -2.31. The summed E-state index contributed by atoms with van der Waals surface area (Å²) < 4.78 is 33.6. The van der Waals surface area contributed by atoms with Crippen molar-refractivity contribution in [3.8, 4) is 5.75 Å². The van der Waals surface area contributed by atoms with Crippen molar-refractivity contribution in [3.63, 3.8) is 0 Å². The Balaban J connectivity index is 1.62. The molecule has 0 saturated carbocycles. The molecule has 1 amide bonds. The Morgan fingerprint density at radius 1 is 0.912 bits per heavy atom.